The third kappa shape index (κ3) is 2.79. The molecule has 2 unspecified atom stereocenters. The van der Waals surface area contributed by atoms with Crippen LogP contribution in [0.2, 0.25) is 0 Å². The summed E-state index contributed by atoms with van der Waals surface area (Å²) < 4.78 is 0. The minimum atomic E-state index is -1.73. The summed E-state index contributed by atoms with van der Waals surface area (Å²) in [4.78, 5) is 22.7. The zero-order valence-corrected chi connectivity index (χ0v) is 10.6. The summed E-state index contributed by atoms with van der Waals surface area (Å²) >= 11 is 0. The van der Waals surface area contributed by atoms with E-state index in [4.69, 9.17) is 6.42 Å². The Morgan fingerprint density at radius 2 is 1.76 bits per heavy atom. The molecule has 4 heteroatoms. The van der Waals surface area contributed by atoms with Gasteiger partial charge < -0.3 is 10.2 Å². The topological polar surface area (TPSA) is 74.6 Å². The van der Waals surface area contributed by atoms with Crippen LogP contribution in [-0.2, 0) is 9.59 Å². The number of hydrogen-bond donors (Lipinski definition) is 2. The van der Waals surface area contributed by atoms with Crippen LogP contribution in [0.5, 0.6) is 0 Å². The van der Waals surface area contributed by atoms with Gasteiger partial charge in [0, 0.05) is 6.42 Å². The number of carbonyl (C=O) groups is 2. The van der Waals surface area contributed by atoms with Crippen molar-refractivity contribution in [3.8, 4) is 12.3 Å². The fourth-order valence-electron chi connectivity index (χ4n) is 2.54. The summed E-state index contributed by atoms with van der Waals surface area (Å²) in [7, 11) is 0. The molecule has 0 fully saturated rings. The molecule has 2 N–H and O–H groups in total. The Morgan fingerprint density at radius 1 is 1.29 bits per heavy atom. The minimum Gasteiger partial charge on any atom is -0.480 e. The van der Waals surface area contributed by atoms with Gasteiger partial charge in [0.15, 0.2) is 5.41 Å². The molecule has 0 radical (unpaired) electrons. The van der Waals surface area contributed by atoms with E-state index in [-0.39, 0.29) is 12.3 Å². The predicted molar refractivity (Wildman–Crippen MR) is 64.4 cm³/mol. The second-order valence-electron chi connectivity index (χ2n) is 4.34. The van der Waals surface area contributed by atoms with Crippen LogP contribution in [-0.4, -0.2) is 22.2 Å². The maximum absolute atomic E-state index is 11.4. The monoisotopic (exact) mass is 240 g/mol. The molecule has 0 heterocycles. The summed E-state index contributed by atoms with van der Waals surface area (Å²) in [6.07, 6.45) is 6.15. The van der Waals surface area contributed by atoms with Gasteiger partial charge in [-0.2, -0.15) is 0 Å². The Hall–Kier alpha value is -1.50. The van der Waals surface area contributed by atoms with E-state index in [1.165, 1.54) is 0 Å². The van der Waals surface area contributed by atoms with E-state index in [0.717, 1.165) is 0 Å². The molecule has 0 spiro atoms. The first-order valence-corrected chi connectivity index (χ1v) is 5.78. The van der Waals surface area contributed by atoms with Crippen LogP contribution in [0.25, 0.3) is 0 Å². The van der Waals surface area contributed by atoms with Crippen molar-refractivity contribution in [3.05, 3.63) is 0 Å². The molecule has 0 saturated carbocycles. The van der Waals surface area contributed by atoms with Crippen molar-refractivity contribution in [3.63, 3.8) is 0 Å². The first-order valence-electron chi connectivity index (χ1n) is 5.78. The first kappa shape index (κ1) is 15.5. The second-order valence-corrected chi connectivity index (χ2v) is 4.34. The van der Waals surface area contributed by atoms with Gasteiger partial charge in [0.05, 0.1) is 0 Å². The van der Waals surface area contributed by atoms with Gasteiger partial charge in [-0.3, -0.25) is 9.59 Å². The van der Waals surface area contributed by atoms with Crippen LogP contribution in [0.15, 0.2) is 0 Å². The highest BCUT2D eigenvalue weighted by Crippen LogP contribution is 2.40. The van der Waals surface area contributed by atoms with Crippen molar-refractivity contribution >= 4 is 11.9 Å². The third-order valence-electron chi connectivity index (χ3n) is 3.52. The Labute approximate surface area is 102 Å². The SMILES string of the molecule is C#CCC(C)C(CC)C(CC)(C(=O)O)C(=O)O. The molecule has 0 bridgehead atoms. The highest BCUT2D eigenvalue weighted by molar-refractivity contribution is 5.98. The van der Waals surface area contributed by atoms with Crippen molar-refractivity contribution in [2.45, 2.75) is 40.0 Å². The Bertz CT molecular complexity index is 313. The smallest absolute Gasteiger partial charge is 0.321 e. The Balaban J connectivity index is 5.48. The number of terminal acetylenes is 1. The van der Waals surface area contributed by atoms with Gasteiger partial charge in [-0.1, -0.05) is 27.2 Å². The van der Waals surface area contributed by atoms with Crippen molar-refractivity contribution in [2.75, 3.05) is 0 Å². The summed E-state index contributed by atoms with van der Waals surface area (Å²) in [5, 5.41) is 18.6. The molecule has 0 rings (SSSR count). The Morgan fingerprint density at radius 3 is 2.00 bits per heavy atom. The maximum Gasteiger partial charge on any atom is 0.321 e. The van der Waals surface area contributed by atoms with Gasteiger partial charge in [-0.15, -0.1) is 12.3 Å². The molecule has 0 aromatic rings. The van der Waals surface area contributed by atoms with E-state index in [1.807, 2.05) is 6.92 Å². The summed E-state index contributed by atoms with van der Waals surface area (Å²) in [6.45, 7) is 5.20. The summed E-state index contributed by atoms with van der Waals surface area (Å²) in [6, 6.07) is 0. The highest BCUT2D eigenvalue weighted by atomic mass is 16.4. The van der Waals surface area contributed by atoms with Gasteiger partial charge in [-0.05, 0) is 18.3 Å². The van der Waals surface area contributed by atoms with Gasteiger partial charge in [0.1, 0.15) is 0 Å². The Kier molecular flexibility index (Phi) is 5.73. The molecule has 17 heavy (non-hydrogen) atoms. The predicted octanol–water partition coefficient (Wildman–Crippen LogP) is 2.24. The zero-order valence-electron chi connectivity index (χ0n) is 10.6. The first-order chi connectivity index (χ1) is 7.88. The summed E-state index contributed by atoms with van der Waals surface area (Å²) in [5.41, 5.74) is -1.73. The van der Waals surface area contributed by atoms with Crippen LogP contribution in [0, 0.1) is 29.6 Å². The van der Waals surface area contributed by atoms with Crippen molar-refractivity contribution in [1.29, 1.82) is 0 Å². The average molecular weight is 240 g/mol. The fraction of sp³-hybridized carbons (Fsp3) is 0.692. The third-order valence-corrected chi connectivity index (χ3v) is 3.52. The van der Waals surface area contributed by atoms with Crippen LogP contribution >= 0.6 is 0 Å². The van der Waals surface area contributed by atoms with Gasteiger partial charge in [0.2, 0.25) is 0 Å². The molecule has 0 aromatic carbocycles. The van der Waals surface area contributed by atoms with E-state index in [1.54, 1.807) is 13.8 Å². The van der Waals surface area contributed by atoms with E-state index in [9.17, 15) is 19.8 Å². The van der Waals surface area contributed by atoms with Crippen molar-refractivity contribution in [1.82, 2.24) is 0 Å². The summed E-state index contributed by atoms with van der Waals surface area (Å²) in [5.74, 6) is -0.666. The van der Waals surface area contributed by atoms with Crippen LogP contribution in [0.1, 0.15) is 40.0 Å². The normalized spacial score (nSPS) is 14.7. The fourth-order valence-corrected chi connectivity index (χ4v) is 2.54. The van der Waals surface area contributed by atoms with E-state index < -0.39 is 23.3 Å². The highest BCUT2D eigenvalue weighted by Gasteiger charge is 2.52. The van der Waals surface area contributed by atoms with E-state index in [2.05, 4.69) is 5.92 Å². The number of aliphatic carboxylic acids is 2. The van der Waals surface area contributed by atoms with E-state index >= 15 is 0 Å². The molecule has 96 valence electrons. The van der Waals surface area contributed by atoms with Crippen molar-refractivity contribution < 1.29 is 19.8 Å². The molecule has 2 atom stereocenters. The second kappa shape index (κ2) is 6.29. The molecule has 0 aliphatic heterocycles. The lowest BCUT2D eigenvalue weighted by Gasteiger charge is -2.35. The van der Waals surface area contributed by atoms with Crippen LogP contribution in [0.4, 0.5) is 0 Å². The zero-order chi connectivity index (χ0) is 13.6. The van der Waals surface area contributed by atoms with Crippen LogP contribution in [0.3, 0.4) is 0 Å². The largest absolute Gasteiger partial charge is 0.480 e. The average Bonchev–Trinajstić information content (AvgIpc) is 2.24. The number of hydrogen-bond acceptors (Lipinski definition) is 2. The molecule has 0 aliphatic rings. The van der Waals surface area contributed by atoms with Crippen molar-refractivity contribution in [2.24, 2.45) is 17.3 Å². The molecule has 0 aliphatic carbocycles. The van der Waals surface area contributed by atoms with E-state index in [0.29, 0.717) is 12.8 Å². The number of rotatable bonds is 7. The lowest BCUT2D eigenvalue weighted by atomic mass is 9.66. The lowest BCUT2D eigenvalue weighted by Crippen LogP contribution is -2.47. The molecule has 4 nitrogen and oxygen atoms in total. The quantitative estimate of drug-likeness (QED) is 0.528. The number of carboxylic acid groups (broad SMARTS) is 2. The molecule has 0 saturated heterocycles. The van der Waals surface area contributed by atoms with Gasteiger partial charge in [-0.25, -0.2) is 0 Å². The lowest BCUT2D eigenvalue weighted by molar-refractivity contribution is -0.171. The molecular weight excluding hydrogens is 220 g/mol. The maximum atomic E-state index is 11.4. The molecule has 0 aromatic heterocycles. The molecule has 0 amide bonds. The van der Waals surface area contributed by atoms with Gasteiger partial charge in [0.25, 0.3) is 0 Å². The van der Waals surface area contributed by atoms with Gasteiger partial charge >= 0.3 is 11.9 Å². The number of carboxylic acids is 2. The minimum absolute atomic E-state index is 0.0606. The standard InChI is InChI=1S/C13H20O4/c1-5-8-9(4)10(6-2)13(7-3,11(14)15)12(16)17/h1,9-10H,6-8H2,2-4H3,(H,14,15)(H,16,17). The molecular formula is C13H20O4. The van der Waals surface area contributed by atoms with Crippen LogP contribution < -0.4 is 0 Å².